The Kier molecular flexibility index (Phi) is 9.17. The van der Waals surface area contributed by atoms with Crippen LogP contribution in [0.5, 0.6) is 5.75 Å². The number of ether oxygens (including phenoxy) is 1. The molecule has 0 radical (unpaired) electrons. The number of hydrogen-bond donors (Lipinski definition) is 3. The summed E-state index contributed by atoms with van der Waals surface area (Å²) < 4.78 is 72.7. The summed E-state index contributed by atoms with van der Waals surface area (Å²) in [6, 6.07) is 6.55. The Morgan fingerprint density at radius 2 is 1.79 bits per heavy atom. The van der Waals surface area contributed by atoms with Crippen LogP contribution in [0.15, 0.2) is 35.8 Å². The summed E-state index contributed by atoms with van der Waals surface area (Å²) in [7, 11) is 2.11. The second-order valence-corrected chi connectivity index (χ2v) is 11.3. The normalized spacial score (nSPS) is 17.3. The summed E-state index contributed by atoms with van der Waals surface area (Å²) >= 11 is 0.952. The van der Waals surface area contributed by atoms with Crippen molar-refractivity contribution in [2.75, 3.05) is 61.8 Å². The van der Waals surface area contributed by atoms with Crippen LogP contribution in [0.25, 0.3) is 0 Å². The third kappa shape index (κ3) is 7.43. The molecular formula is C27H31F5N8O2S. The molecule has 2 aliphatic rings. The van der Waals surface area contributed by atoms with Crippen molar-refractivity contribution >= 4 is 46.1 Å². The van der Waals surface area contributed by atoms with Crippen molar-refractivity contribution in [3.8, 4) is 5.75 Å². The first-order chi connectivity index (χ1) is 20.5. The number of rotatable bonds is 9. The lowest BCUT2D eigenvalue weighted by Crippen LogP contribution is -2.52. The summed E-state index contributed by atoms with van der Waals surface area (Å²) in [5.74, 6) is -2.00. The Bertz CT molecular complexity index is 1420. The van der Waals surface area contributed by atoms with Gasteiger partial charge in [0.1, 0.15) is 16.3 Å². The lowest BCUT2D eigenvalue weighted by molar-refractivity contribution is -0.137. The number of piperidine rings is 1. The third-order valence-corrected chi connectivity index (χ3v) is 8.48. The Balaban J connectivity index is 1.35. The van der Waals surface area contributed by atoms with Gasteiger partial charge in [-0.15, -0.1) is 11.3 Å². The zero-order valence-corrected chi connectivity index (χ0v) is 24.0. The second-order valence-electron chi connectivity index (χ2n) is 10.3. The molecule has 0 atom stereocenters. The lowest BCUT2D eigenvalue weighted by Gasteiger charge is -2.42. The molecule has 2 aliphatic heterocycles. The van der Waals surface area contributed by atoms with Crippen molar-refractivity contribution in [3.63, 3.8) is 0 Å². The first kappa shape index (κ1) is 30.7. The number of halogens is 5. The van der Waals surface area contributed by atoms with Gasteiger partial charge in [-0.1, -0.05) is 0 Å². The monoisotopic (exact) mass is 626 g/mol. The number of primary amides is 1. The number of thiophene rings is 1. The fourth-order valence-corrected chi connectivity index (χ4v) is 5.97. The van der Waals surface area contributed by atoms with E-state index < -0.39 is 30.1 Å². The topological polar surface area (TPSA) is 112 Å². The molecule has 2 fully saturated rings. The highest BCUT2D eigenvalue weighted by Crippen LogP contribution is 2.38. The molecule has 2 aromatic heterocycles. The number of nitrogens with zero attached hydrogens (tertiary/aromatic N) is 5. The molecule has 16 heteroatoms. The van der Waals surface area contributed by atoms with Crippen molar-refractivity contribution in [1.29, 1.82) is 0 Å². The number of nitrogens with two attached hydrogens (primary N) is 1. The van der Waals surface area contributed by atoms with Crippen molar-refractivity contribution in [2.24, 2.45) is 5.73 Å². The second kappa shape index (κ2) is 12.9. The van der Waals surface area contributed by atoms with E-state index in [4.69, 9.17) is 10.5 Å². The van der Waals surface area contributed by atoms with E-state index in [1.807, 2.05) is 0 Å². The van der Waals surface area contributed by atoms with Crippen LogP contribution >= 0.6 is 11.3 Å². The van der Waals surface area contributed by atoms with Crippen LogP contribution < -0.4 is 26.0 Å². The van der Waals surface area contributed by atoms with Crippen LogP contribution in [0.1, 0.15) is 28.1 Å². The maximum absolute atomic E-state index is 13.7. The molecule has 5 rings (SSSR count). The van der Waals surface area contributed by atoms with Gasteiger partial charge in [-0.05, 0) is 43.5 Å². The molecule has 4 heterocycles. The maximum atomic E-state index is 13.7. The van der Waals surface area contributed by atoms with Gasteiger partial charge in [-0.25, -0.2) is 4.98 Å². The van der Waals surface area contributed by atoms with Crippen LogP contribution in [0.2, 0.25) is 0 Å². The highest BCUT2D eigenvalue weighted by Gasteiger charge is 2.36. The molecule has 232 valence electrons. The van der Waals surface area contributed by atoms with Gasteiger partial charge in [0.15, 0.2) is 5.75 Å². The molecule has 2 saturated heterocycles. The fraction of sp³-hybridized carbons (Fsp3) is 0.444. The lowest BCUT2D eigenvalue weighted by atomic mass is 10.0. The number of aromatic nitrogens is 2. The van der Waals surface area contributed by atoms with Gasteiger partial charge < -0.3 is 30.9 Å². The van der Waals surface area contributed by atoms with Crippen LogP contribution in [0.4, 0.5) is 50.8 Å². The molecular weight excluding hydrogens is 595 g/mol. The molecule has 0 bridgehead atoms. The van der Waals surface area contributed by atoms with E-state index in [-0.39, 0.29) is 27.9 Å². The number of benzene rings is 1. The maximum Gasteiger partial charge on any atom is 0.421 e. The number of carbonyl (C=O) groups excluding carboxylic acids is 1. The molecule has 1 aromatic carbocycles. The fourth-order valence-electron chi connectivity index (χ4n) is 5.27. The van der Waals surface area contributed by atoms with Crippen LogP contribution in [-0.4, -0.2) is 84.6 Å². The third-order valence-electron chi connectivity index (χ3n) is 7.55. The molecule has 0 spiro atoms. The van der Waals surface area contributed by atoms with Gasteiger partial charge in [0.25, 0.3) is 5.91 Å². The molecule has 4 N–H and O–H groups in total. The number of likely N-dealkylation sites (N-methyl/N-ethyl adjacent to an activating group) is 1. The van der Waals surface area contributed by atoms with E-state index in [0.717, 1.165) is 63.4 Å². The van der Waals surface area contributed by atoms with E-state index >= 15 is 0 Å². The van der Waals surface area contributed by atoms with Gasteiger partial charge in [-0.3, -0.25) is 9.69 Å². The van der Waals surface area contributed by atoms with E-state index in [2.05, 4.69) is 42.3 Å². The minimum absolute atomic E-state index is 0.0111. The summed E-state index contributed by atoms with van der Waals surface area (Å²) in [5.41, 5.74) is 4.88. The molecule has 43 heavy (non-hydrogen) atoms. The van der Waals surface area contributed by atoms with Gasteiger partial charge in [0.05, 0.1) is 11.4 Å². The Morgan fingerprint density at radius 1 is 1.07 bits per heavy atom. The number of alkyl halides is 5. The number of amides is 1. The van der Waals surface area contributed by atoms with Crippen molar-refractivity contribution in [1.82, 2.24) is 19.8 Å². The smallest absolute Gasteiger partial charge is 0.421 e. The first-order valence-electron chi connectivity index (χ1n) is 13.6. The van der Waals surface area contributed by atoms with Gasteiger partial charge >= 0.3 is 12.8 Å². The highest BCUT2D eigenvalue weighted by atomic mass is 32.1. The van der Waals surface area contributed by atoms with Crippen LogP contribution in [-0.2, 0) is 6.18 Å². The molecule has 0 unspecified atom stereocenters. The number of nitrogens with one attached hydrogen (secondary N) is 2. The predicted molar refractivity (Wildman–Crippen MR) is 154 cm³/mol. The summed E-state index contributed by atoms with van der Waals surface area (Å²) in [4.78, 5) is 26.3. The SMILES string of the molecule is CN1CCN(C2CCN(c3ccc(Nc4ncc(C(F)(F)F)c(Nc5ccsc5C(N)=O)n4)c(OC(F)F)c3)CC2)CC1. The predicted octanol–water partition coefficient (Wildman–Crippen LogP) is 4.96. The average Bonchev–Trinajstić information content (AvgIpc) is 3.42. The largest absolute Gasteiger partial charge is 0.433 e. The number of hydrogen-bond acceptors (Lipinski definition) is 10. The number of anilines is 5. The van der Waals surface area contributed by atoms with E-state index in [9.17, 15) is 26.7 Å². The molecule has 0 aliphatic carbocycles. The van der Waals surface area contributed by atoms with Crippen molar-refractivity contribution < 1.29 is 31.5 Å². The van der Waals surface area contributed by atoms with E-state index in [1.165, 1.54) is 23.6 Å². The van der Waals surface area contributed by atoms with E-state index in [0.29, 0.717) is 17.9 Å². The first-order valence-corrected chi connectivity index (χ1v) is 14.5. The number of carbonyl (C=O) groups is 1. The van der Waals surface area contributed by atoms with E-state index in [1.54, 1.807) is 6.07 Å². The number of piperazine rings is 1. The Morgan fingerprint density at radius 3 is 2.44 bits per heavy atom. The Hall–Kier alpha value is -3.76. The standard InChI is InChI=1S/C27H31F5N8O2S/c1-38-9-11-40(12-10-38)16-4-7-39(8-5-16)17-2-3-19(21(14-17)42-25(28)29)36-26-34-15-18(27(30,31)32)24(37-26)35-20-6-13-43-22(20)23(33)41/h2-3,6,13-16,25H,4-5,7-12H2,1H3,(H2,33,41)(H2,34,35,36,37). The van der Waals surface area contributed by atoms with Gasteiger partial charge in [0.2, 0.25) is 5.95 Å². The summed E-state index contributed by atoms with van der Waals surface area (Å²) in [6.45, 7) is 2.45. The van der Waals surface area contributed by atoms with Gasteiger partial charge in [0, 0.05) is 63.3 Å². The molecule has 1 amide bonds. The zero-order valence-electron chi connectivity index (χ0n) is 23.2. The zero-order chi connectivity index (χ0) is 30.7. The van der Waals surface area contributed by atoms with Gasteiger partial charge in [-0.2, -0.15) is 26.9 Å². The Labute approximate surface area is 248 Å². The van der Waals surface area contributed by atoms with Crippen molar-refractivity contribution in [2.45, 2.75) is 31.7 Å². The molecule has 0 saturated carbocycles. The average molecular weight is 627 g/mol. The molecule has 3 aromatic rings. The van der Waals surface area contributed by atoms with Crippen molar-refractivity contribution in [3.05, 3.63) is 46.3 Å². The summed E-state index contributed by atoms with van der Waals surface area (Å²) in [5, 5.41) is 6.68. The minimum Gasteiger partial charge on any atom is -0.433 e. The van der Waals surface area contributed by atoms with Crippen LogP contribution in [0, 0.1) is 0 Å². The summed E-state index contributed by atoms with van der Waals surface area (Å²) in [6.07, 6.45) is -2.40. The minimum atomic E-state index is -4.83. The van der Waals surface area contributed by atoms with Crippen LogP contribution in [0.3, 0.4) is 0 Å². The quantitative estimate of drug-likeness (QED) is 0.284. The highest BCUT2D eigenvalue weighted by molar-refractivity contribution is 7.12. The molecule has 10 nitrogen and oxygen atoms in total.